The fraction of sp³-hybridized carbons (Fsp3) is 0.0769. The molecule has 0 bridgehead atoms. The third kappa shape index (κ3) is 3.48. The van der Waals surface area contributed by atoms with E-state index >= 15 is 0 Å². The van der Waals surface area contributed by atoms with E-state index in [1.54, 1.807) is 6.07 Å². The summed E-state index contributed by atoms with van der Waals surface area (Å²) >= 11 is 12.3. The molecule has 0 aliphatic carbocycles. The van der Waals surface area contributed by atoms with Crippen molar-refractivity contribution < 1.29 is 9.13 Å². The van der Waals surface area contributed by atoms with Gasteiger partial charge < -0.3 is 10.5 Å². The lowest BCUT2D eigenvalue weighted by Crippen LogP contribution is -1.99. The van der Waals surface area contributed by atoms with E-state index in [9.17, 15) is 4.39 Å². The van der Waals surface area contributed by atoms with Crippen LogP contribution in [0.15, 0.2) is 39.3 Å². The Labute approximate surface area is 132 Å². The Bertz CT molecular complexity index is 622. The van der Waals surface area contributed by atoms with Crippen LogP contribution in [0.25, 0.3) is 0 Å². The van der Waals surface area contributed by atoms with Crippen molar-refractivity contribution in [1.29, 1.82) is 0 Å². The van der Waals surface area contributed by atoms with E-state index in [1.807, 2.05) is 12.1 Å². The lowest BCUT2D eigenvalue weighted by atomic mass is 10.2. The summed E-state index contributed by atoms with van der Waals surface area (Å²) in [6, 6.07) is 8.17. The van der Waals surface area contributed by atoms with E-state index in [1.165, 1.54) is 12.1 Å². The molecule has 2 aromatic carbocycles. The first-order valence-corrected chi connectivity index (χ1v) is 7.28. The molecule has 0 radical (unpaired) electrons. The third-order valence-corrected chi connectivity index (χ3v) is 3.85. The van der Waals surface area contributed by atoms with Crippen LogP contribution in [0, 0.1) is 5.82 Å². The fourth-order valence-electron chi connectivity index (χ4n) is 1.49. The summed E-state index contributed by atoms with van der Waals surface area (Å²) in [7, 11) is 0. The molecule has 6 heteroatoms. The molecular weight excluding hydrogens is 400 g/mol. The maximum Gasteiger partial charge on any atom is 0.145 e. The first-order valence-electron chi connectivity index (χ1n) is 5.32. The monoisotopic (exact) mass is 407 g/mol. The largest absolute Gasteiger partial charge is 0.456 e. The zero-order valence-corrected chi connectivity index (χ0v) is 13.5. The van der Waals surface area contributed by atoms with E-state index in [2.05, 4.69) is 31.9 Å². The van der Waals surface area contributed by atoms with Gasteiger partial charge in [0.05, 0.1) is 9.50 Å². The second-order valence-electron chi connectivity index (χ2n) is 3.75. The highest BCUT2D eigenvalue weighted by Gasteiger charge is 2.11. The number of nitrogens with two attached hydrogens (primary N) is 1. The number of halogens is 4. The summed E-state index contributed by atoms with van der Waals surface area (Å²) in [6.45, 7) is 0.330. The SMILES string of the molecule is NCc1ccc(Br)cc1Oc1cc(F)c(Cl)cc1Br. The van der Waals surface area contributed by atoms with Crippen LogP contribution in [0.2, 0.25) is 5.02 Å². The predicted octanol–water partition coefficient (Wildman–Crippen LogP) is 5.26. The molecule has 0 aliphatic rings. The van der Waals surface area contributed by atoms with Gasteiger partial charge in [-0.25, -0.2) is 4.39 Å². The van der Waals surface area contributed by atoms with Gasteiger partial charge >= 0.3 is 0 Å². The summed E-state index contributed by atoms with van der Waals surface area (Å²) < 4.78 is 20.6. The topological polar surface area (TPSA) is 35.2 Å². The molecule has 0 aromatic heterocycles. The summed E-state index contributed by atoms with van der Waals surface area (Å²) in [5, 5.41) is 0.0347. The smallest absolute Gasteiger partial charge is 0.145 e. The van der Waals surface area contributed by atoms with Crippen molar-refractivity contribution in [3.63, 3.8) is 0 Å². The van der Waals surface area contributed by atoms with E-state index in [0.717, 1.165) is 10.0 Å². The van der Waals surface area contributed by atoms with Crippen molar-refractivity contribution in [2.45, 2.75) is 6.54 Å². The van der Waals surface area contributed by atoms with Crippen molar-refractivity contribution in [2.24, 2.45) is 5.73 Å². The highest BCUT2D eigenvalue weighted by molar-refractivity contribution is 9.10. The molecule has 0 atom stereocenters. The van der Waals surface area contributed by atoms with Gasteiger partial charge in [0.25, 0.3) is 0 Å². The highest BCUT2D eigenvalue weighted by Crippen LogP contribution is 2.35. The molecule has 0 fully saturated rings. The van der Waals surface area contributed by atoms with Crippen LogP contribution >= 0.6 is 43.5 Å². The summed E-state index contributed by atoms with van der Waals surface area (Å²) in [5.41, 5.74) is 6.47. The second-order valence-corrected chi connectivity index (χ2v) is 5.93. The van der Waals surface area contributed by atoms with E-state index in [4.69, 9.17) is 22.1 Å². The molecule has 0 aliphatic heterocycles. The third-order valence-electron chi connectivity index (χ3n) is 2.44. The second kappa shape index (κ2) is 6.22. The van der Waals surface area contributed by atoms with Gasteiger partial charge in [0.2, 0.25) is 0 Å². The standard InChI is InChI=1S/C13H9Br2ClFNO/c14-8-2-1-7(6-18)12(3-8)19-13-5-11(17)10(16)4-9(13)15/h1-5H,6,18H2. The van der Waals surface area contributed by atoms with Gasteiger partial charge in [-0.1, -0.05) is 33.6 Å². The van der Waals surface area contributed by atoms with Crippen LogP contribution in [-0.4, -0.2) is 0 Å². The maximum absolute atomic E-state index is 13.5. The molecule has 0 saturated carbocycles. The lowest BCUT2D eigenvalue weighted by Gasteiger charge is -2.12. The molecule has 0 heterocycles. The molecular formula is C13H9Br2ClFNO. The van der Waals surface area contributed by atoms with E-state index in [-0.39, 0.29) is 5.02 Å². The van der Waals surface area contributed by atoms with Crippen molar-refractivity contribution in [2.75, 3.05) is 0 Å². The Balaban J connectivity index is 2.41. The maximum atomic E-state index is 13.5. The Morgan fingerprint density at radius 2 is 1.89 bits per heavy atom. The van der Waals surface area contributed by atoms with Crippen LogP contribution in [-0.2, 0) is 6.54 Å². The first kappa shape index (κ1) is 14.8. The molecule has 0 unspecified atom stereocenters. The molecule has 2 rings (SSSR count). The Morgan fingerprint density at radius 1 is 1.16 bits per heavy atom. The van der Waals surface area contributed by atoms with E-state index in [0.29, 0.717) is 22.5 Å². The van der Waals surface area contributed by atoms with Crippen molar-refractivity contribution in [1.82, 2.24) is 0 Å². The Hall–Kier alpha value is -0.620. The quantitative estimate of drug-likeness (QED) is 0.703. The Morgan fingerprint density at radius 3 is 2.58 bits per heavy atom. The number of hydrogen-bond acceptors (Lipinski definition) is 2. The van der Waals surface area contributed by atoms with Crippen LogP contribution < -0.4 is 10.5 Å². The summed E-state index contributed by atoms with van der Waals surface area (Å²) in [4.78, 5) is 0. The zero-order chi connectivity index (χ0) is 14.0. The minimum Gasteiger partial charge on any atom is -0.456 e. The average Bonchev–Trinajstić information content (AvgIpc) is 2.36. The van der Waals surface area contributed by atoms with Crippen molar-refractivity contribution in [3.8, 4) is 11.5 Å². The molecule has 0 amide bonds. The number of ether oxygens (including phenoxy) is 1. The van der Waals surface area contributed by atoms with Gasteiger partial charge in [-0.15, -0.1) is 0 Å². The van der Waals surface area contributed by atoms with Gasteiger partial charge in [-0.2, -0.15) is 0 Å². The predicted molar refractivity (Wildman–Crippen MR) is 81.2 cm³/mol. The lowest BCUT2D eigenvalue weighted by molar-refractivity contribution is 0.467. The van der Waals surface area contributed by atoms with Crippen LogP contribution in [0.1, 0.15) is 5.56 Å². The van der Waals surface area contributed by atoms with Crippen LogP contribution in [0.3, 0.4) is 0 Å². The van der Waals surface area contributed by atoms with Gasteiger partial charge in [-0.3, -0.25) is 0 Å². The minimum absolute atomic E-state index is 0.0347. The van der Waals surface area contributed by atoms with Gasteiger partial charge in [0.15, 0.2) is 0 Å². The zero-order valence-electron chi connectivity index (χ0n) is 9.59. The van der Waals surface area contributed by atoms with Crippen LogP contribution in [0.4, 0.5) is 4.39 Å². The van der Waals surface area contributed by atoms with Gasteiger partial charge in [0.1, 0.15) is 17.3 Å². The fourth-order valence-corrected chi connectivity index (χ4v) is 2.55. The van der Waals surface area contributed by atoms with Crippen molar-refractivity contribution in [3.05, 3.63) is 55.7 Å². The average molecular weight is 409 g/mol. The number of rotatable bonds is 3. The molecule has 0 saturated heterocycles. The molecule has 100 valence electrons. The van der Waals surface area contributed by atoms with Crippen molar-refractivity contribution >= 4 is 43.5 Å². The molecule has 19 heavy (non-hydrogen) atoms. The minimum atomic E-state index is -0.538. The molecule has 0 spiro atoms. The van der Waals surface area contributed by atoms with E-state index < -0.39 is 5.82 Å². The molecule has 2 aromatic rings. The summed E-state index contributed by atoms with van der Waals surface area (Å²) in [5.74, 6) is 0.373. The number of benzene rings is 2. The highest BCUT2D eigenvalue weighted by atomic mass is 79.9. The number of hydrogen-bond donors (Lipinski definition) is 1. The Kier molecular flexibility index (Phi) is 4.84. The van der Waals surface area contributed by atoms with Crippen LogP contribution in [0.5, 0.6) is 11.5 Å². The molecule has 2 nitrogen and oxygen atoms in total. The first-order chi connectivity index (χ1) is 9.01. The van der Waals surface area contributed by atoms with Gasteiger partial charge in [-0.05, 0) is 34.1 Å². The normalized spacial score (nSPS) is 10.6. The summed E-state index contributed by atoms with van der Waals surface area (Å²) in [6.07, 6.45) is 0. The molecule has 2 N–H and O–H groups in total. The van der Waals surface area contributed by atoms with Gasteiger partial charge in [0, 0.05) is 22.6 Å².